The molecule has 0 aliphatic carbocycles. The molecular formula is C14H19N5O. The molecule has 0 radical (unpaired) electrons. The Kier molecular flexibility index (Phi) is 5.25. The minimum Gasteiger partial charge on any atom is -0.351 e. The van der Waals surface area contributed by atoms with Gasteiger partial charge in [-0.1, -0.05) is 6.92 Å². The smallest absolute Gasteiger partial charge is 0.251 e. The second-order valence-electron chi connectivity index (χ2n) is 4.42. The average molecular weight is 273 g/mol. The maximum atomic E-state index is 11.9. The van der Waals surface area contributed by atoms with Crippen molar-refractivity contribution < 1.29 is 4.79 Å². The highest BCUT2D eigenvalue weighted by molar-refractivity contribution is 5.94. The van der Waals surface area contributed by atoms with Gasteiger partial charge in [0.1, 0.15) is 12.7 Å². The van der Waals surface area contributed by atoms with E-state index in [4.69, 9.17) is 0 Å². The standard InChI is InChI=1S/C14H19N5O/c1-2-7-15-8-9-16-14(20)12-3-5-13(6-4-12)19-10-17-18-11-19/h3-6,10-11,15H,2,7-9H2,1H3,(H,16,20). The van der Waals surface area contributed by atoms with Crippen molar-refractivity contribution in [2.24, 2.45) is 0 Å². The van der Waals surface area contributed by atoms with Crippen molar-refractivity contribution in [3.05, 3.63) is 42.5 Å². The summed E-state index contributed by atoms with van der Waals surface area (Å²) < 4.78 is 1.79. The monoisotopic (exact) mass is 273 g/mol. The van der Waals surface area contributed by atoms with E-state index in [0.717, 1.165) is 25.2 Å². The Balaban J connectivity index is 1.85. The summed E-state index contributed by atoms with van der Waals surface area (Å²) in [7, 11) is 0. The molecule has 0 spiro atoms. The van der Waals surface area contributed by atoms with Gasteiger partial charge in [0.2, 0.25) is 0 Å². The van der Waals surface area contributed by atoms with Crippen LogP contribution < -0.4 is 10.6 Å². The summed E-state index contributed by atoms with van der Waals surface area (Å²) in [5, 5.41) is 13.6. The van der Waals surface area contributed by atoms with Gasteiger partial charge in [-0.15, -0.1) is 10.2 Å². The van der Waals surface area contributed by atoms with E-state index < -0.39 is 0 Å². The molecule has 0 saturated carbocycles. The van der Waals surface area contributed by atoms with Crippen LogP contribution in [0.25, 0.3) is 5.69 Å². The molecule has 2 N–H and O–H groups in total. The lowest BCUT2D eigenvalue weighted by Crippen LogP contribution is -2.32. The fourth-order valence-electron chi connectivity index (χ4n) is 1.79. The van der Waals surface area contributed by atoms with E-state index in [1.165, 1.54) is 0 Å². The van der Waals surface area contributed by atoms with Crippen LogP contribution in [0.15, 0.2) is 36.9 Å². The highest BCUT2D eigenvalue weighted by Gasteiger charge is 2.04. The number of rotatable bonds is 7. The molecule has 0 unspecified atom stereocenters. The number of carbonyl (C=O) groups excluding carboxylic acids is 1. The van der Waals surface area contributed by atoms with Crippen LogP contribution in [0, 0.1) is 0 Å². The van der Waals surface area contributed by atoms with Crippen molar-refractivity contribution in [3.8, 4) is 5.69 Å². The maximum absolute atomic E-state index is 11.9. The van der Waals surface area contributed by atoms with Gasteiger partial charge in [0.15, 0.2) is 0 Å². The van der Waals surface area contributed by atoms with E-state index >= 15 is 0 Å². The Morgan fingerprint density at radius 3 is 2.45 bits per heavy atom. The van der Waals surface area contributed by atoms with Crippen LogP contribution in [0.5, 0.6) is 0 Å². The van der Waals surface area contributed by atoms with Gasteiger partial charge in [0.25, 0.3) is 5.91 Å². The molecule has 1 aromatic heterocycles. The number of nitrogens with one attached hydrogen (secondary N) is 2. The third kappa shape index (κ3) is 3.89. The first-order chi connectivity index (χ1) is 9.81. The van der Waals surface area contributed by atoms with E-state index in [1.54, 1.807) is 29.4 Å². The molecule has 6 heteroatoms. The Labute approximate surface area is 118 Å². The molecule has 6 nitrogen and oxygen atoms in total. The Morgan fingerprint density at radius 1 is 1.10 bits per heavy atom. The topological polar surface area (TPSA) is 71.8 Å². The van der Waals surface area contributed by atoms with Crippen molar-refractivity contribution >= 4 is 5.91 Å². The molecule has 0 atom stereocenters. The van der Waals surface area contributed by atoms with Gasteiger partial charge in [-0.05, 0) is 37.2 Å². The number of hydrogen-bond donors (Lipinski definition) is 2. The van der Waals surface area contributed by atoms with Crippen LogP contribution in [0.1, 0.15) is 23.7 Å². The molecule has 0 aliphatic rings. The molecule has 1 heterocycles. The minimum absolute atomic E-state index is 0.0568. The summed E-state index contributed by atoms with van der Waals surface area (Å²) in [6.07, 6.45) is 4.33. The van der Waals surface area contributed by atoms with E-state index in [9.17, 15) is 4.79 Å². The molecule has 1 amide bonds. The number of hydrogen-bond acceptors (Lipinski definition) is 4. The van der Waals surface area contributed by atoms with Crippen molar-refractivity contribution in [3.63, 3.8) is 0 Å². The van der Waals surface area contributed by atoms with Crippen LogP contribution in [0.2, 0.25) is 0 Å². The largest absolute Gasteiger partial charge is 0.351 e. The van der Waals surface area contributed by atoms with Crippen LogP contribution in [0.4, 0.5) is 0 Å². The average Bonchev–Trinajstić information content (AvgIpc) is 3.01. The summed E-state index contributed by atoms with van der Waals surface area (Å²) >= 11 is 0. The lowest BCUT2D eigenvalue weighted by atomic mass is 10.2. The van der Waals surface area contributed by atoms with Gasteiger partial charge in [-0.25, -0.2) is 0 Å². The fraction of sp³-hybridized carbons (Fsp3) is 0.357. The minimum atomic E-state index is -0.0568. The quantitative estimate of drug-likeness (QED) is 0.738. The van der Waals surface area contributed by atoms with Crippen molar-refractivity contribution in [1.82, 2.24) is 25.4 Å². The molecule has 0 bridgehead atoms. The zero-order valence-electron chi connectivity index (χ0n) is 11.5. The third-order valence-corrected chi connectivity index (χ3v) is 2.86. The number of aromatic nitrogens is 3. The molecule has 2 aromatic rings. The summed E-state index contributed by atoms with van der Waals surface area (Å²) in [6.45, 7) is 4.51. The van der Waals surface area contributed by atoms with Gasteiger partial charge < -0.3 is 10.6 Å². The first-order valence-electron chi connectivity index (χ1n) is 6.75. The predicted molar refractivity (Wildman–Crippen MR) is 76.9 cm³/mol. The lowest BCUT2D eigenvalue weighted by molar-refractivity contribution is 0.0954. The molecule has 0 aliphatic heterocycles. The second kappa shape index (κ2) is 7.40. The van der Waals surface area contributed by atoms with Gasteiger partial charge in [-0.2, -0.15) is 0 Å². The highest BCUT2D eigenvalue weighted by atomic mass is 16.1. The van der Waals surface area contributed by atoms with E-state index in [2.05, 4.69) is 27.8 Å². The van der Waals surface area contributed by atoms with Gasteiger partial charge in [-0.3, -0.25) is 9.36 Å². The lowest BCUT2D eigenvalue weighted by Gasteiger charge is -2.07. The van der Waals surface area contributed by atoms with Crippen LogP contribution in [0.3, 0.4) is 0 Å². The second-order valence-corrected chi connectivity index (χ2v) is 4.42. The molecule has 2 rings (SSSR count). The predicted octanol–water partition coefficient (Wildman–Crippen LogP) is 0.997. The van der Waals surface area contributed by atoms with Gasteiger partial charge >= 0.3 is 0 Å². The highest BCUT2D eigenvalue weighted by Crippen LogP contribution is 2.08. The summed E-state index contributed by atoms with van der Waals surface area (Å²) in [5.74, 6) is -0.0568. The summed E-state index contributed by atoms with van der Waals surface area (Å²) in [5.41, 5.74) is 1.58. The molecule has 0 fully saturated rings. The maximum Gasteiger partial charge on any atom is 0.251 e. The van der Waals surface area contributed by atoms with Crippen molar-refractivity contribution in [2.75, 3.05) is 19.6 Å². The molecule has 0 saturated heterocycles. The number of nitrogens with zero attached hydrogens (tertiary/aromatic N) is 3. The molecule has 20 heavy (non-hydrogen) atoms. The number of benzene rings is 1. The van der Waals surface area contributed by atoms with Crippen LogP contribution in [-0.4, -0.2) is 40.3 Å². The van der Waals surface area contributed by atoms with E-state index in [-0.39, 0.29) is 5.91 Å². The summed E-state index contributed by atoms with van der Waals surface area (Å²) in [6, 6.07) is 7.33. The van der Waals surface area contributed by atoms with E-state index in [1.807, 2.05) is 12.1 Å². The third-order valence-electron chi connectivity index (χ3n) is 2.86. The zero-order valence-corrected chi connectivity index (χ0v) is 11.5. The molecule has 106 valence electrons. The normalized spacial score (nSPS) is 10.4. The Morgan fingerprint density at radius 2 is 1.80 bits per heavy atom. The summed E-state index contributed by atoms with van der Waals surface area (Å²) in [4.78, 5) is 11.9. The van der Waals surface area contributed by atoms with E-state index in [0.29, 0.717) is 12.1 Å². The van der Waals surface area contributed by atoms with Crippen molar-refractivity contribution in [2.45, 2.75) is 13.3 Å². The van der Waals surface area contributed by atoms with Gasteiger partial charge in [0.05, 0.1) is 0 Å². The Hall–Kier alpha value is -2.21. The van der Waals surface area contributed by atoms with Gasteiger partial charge in [0, 0.05) is 24.3 Å². The zero-order chi connectivity index (χ0) is 14.2. The first-order valence-corrected chi connectivity index (χ1v) is 6.75. The van der Waals surface area contributed by atoms with Crippen molar-refractivity contribution in [1.29, 1.82) is 0 Å². The fourth-order valence-corrected chi connectivity index (χ4v) is 1.79. The van der Waals surface area contributed by atoms with Crippen LogP contribution in [-0.2, 0) is 0 Å². The first kappa shape index (κ1) is 14.2. The Bertz CT molecular complexity index is 521. The molecular weight excluding hydrogens is 254 g/mol. The number of carbonyl (C=O) groups is 1. The molecule has 1 aromatic carbocycles. The van der Waals surface area contributed by atoms with Crippen LogP contribution >= 0.6 is 0 Å². The number of amides is 1. The SMILES string of the molecule is CCCNCCNC(=O)c1ccc(-n2cnnc2)cc1.